The fourth-order valence-electron chi connectivity index (χ4n) is 1.67. The van der Waals surface area contributed by atoms with Gasteiger partial charge < -0.3 is 15.8 Å². The summed E-state index contributed by atoms with van der Waals surface area (Å²) in [5.41, 5.74) is 9.65. The molecule has 0 heterocycles. The molecular weight excluding hydrogens is 292 g/mol. The number of rotatable bonds is 3. The number of nitrogen functional groups attached to an aromatic ring is 1. The van der Waals surface area contributed by atoms with Crippen LogP contribution in [0.5, 0.6) is 5.75 Å². The molecule has 0 atom stereocenters. The Bertz CT molecular complexity index is 570. The molecule has 0 saturated carbocycles. The van der Waals surface area contributed by atoms with Crippen LogP contribution in [-0.4, -0.2) is 7.11 Å². The summed E-state index contributed by atoms with van der Waals surface area (Å²) >= 11 is 3.50. The molecule has 2 rings (SSSR count). The van der Waals surface area contributed by atoms with E-state index in [-0.39, 0.29) is 0 Å². The van der Waals surface area contributed by atoms with E-state index in [9.17, 15) is 0 Å². The van der Waals surface area contributed by atoms with Crippen LogP contribution in [0.3, 0.4) is 0 Å². The minimum atomic E-state index is 0.727. The number of nitrogens with one attached hydrogen (secondary N) is 1. The molecule has 0 unspecified atom stereocenters. The van der Waals surface area contributed by atoms with Crippen LogP contribution in [-0.2, 0) is 0 Å². The summed E-state index contributed by atoms with van der Waals surface area (Å²) in [5.74, 6) is 0.798. The van der Waals surface area contributed by atoms with E-state index in [1.54, 1.807) is 7.11 Å². The van der Waals surface area contributed by atoms with Gasteiger partial charge in [0.05, 0.1) is 24.2 Å². The largest absolute Gasteiger partial charge is 0.497 e. The predicted octanol–water partition coefficient (Wildman–Crippen LogP) is 4.09. The maximum absolute atomic E-state index is 5.98. The summed E-state index contributed by atoms with van der Waals surface area (Å²) in [5, 5.41) is 3.29. The van der Waals surface area contributed by atoms with E-state index < -0.39 is 0 Å². The van der Waals surface area contributed by atoms with Crippen LogP contribution in [0.2, 0.25) is 0 Å². The number of halogens is 1. The highest BCUT2D eigenvalue weighted by Crippen LogP contribution is 2.31. The molecule has 2 aromatic carbocycles. The van der Waals surface area contributed by atoms with Crippen LogP contribution in [0, 0.1) is 6.92 Å². The lowest BCUT2D eigenvalue weighted by atomic mass is 10.2. The fraction of sp³-hybridized carbons (Fsp3) is 0.143. The lowest BCUT2D eigenvalue weighted by Crippen LogP contribution is -1.97. The third-order valence-electron chi connectivity index (χ3n) is 2.65. The number of hydrogen-bond acceptors (Lipinski definition) is 3. The van der Waals surface area contributed by atoms with Gasteiger partial charge in [-0.1, -0.05) is 6.07 Å². The van der Waals surface area contributed by atoms with Crippen molar-refractivity contribution >= 4 is 33.0 Å². The van der Waals surface area contributed by atoms with Crippen LogP contribution in [0.15, 0.2) is 40.9 Å². The van der Waals surface area contributed by atoms with Crippen molar-refractivity contribution in [3.05, 3.63) is 46.4 Å². The Labute approximate surface area is 115 Å². The van der Waals surface area contributed by atoms with E-state index in [1.165, 1.54) is 0 Å². The zero-order valence-electron chi connectivity index (χ0n) is 10.3. The van der Waals surface area contributed by atoms with Crippen LogP contribution in [0.1, 0.15) is 5.56 Å². The Morgan fingerprint density at radius 2 is 1.89 bits per heavy atom. The molecule has 0 saturated heterocycles. The Balaban J connectivity index is 2.33. The van der Waals surface area contributed by atoms with E-state index in [0.29, 0.717) is 0 Å². The number of methoxy groups -OCH3 is 1. The van der Waals surface area contributed by atoms with E-state index in [0.717, 1.165) is 32.8 Å². The van der Waals surface area contributed by atoms with E-state index in [1.807, 2.05) is 43.3 Å². The van der Waals surface area contributed by atoms with Crippen LogP contribution in [0.4, 0.5) is 17.1 Å². The van der Waals surface area contributed by atoms with Gasteiger partial charge in [-0.3, -0.25) is 0 Å². The normalized spacial score (nSPS) is 10.2. The van der Waals surface area contributed by atoms with Gasteiger partial charge in [0, 0.05) is 10.5 Å². The number of nitrogens with two attached hydrogens (primary N) is 1. The summed E-state index contributed by atoms with van der Waals surface area (Å²) in [6, 6.07) is 11.7. The van der Waals surface area contributed by atoms with Gasteiger partial charge >= 0.3 is 0 Å². The van der Waals surface area contributed by atoms with Crippen molar-refractivity contribution in [3.63, 3.8) is 0 Å². The van der Waals surface area contributed by atoms with Crippen molar-refractivity contribution in [2.45, 2.75) is 6.92 Å². The van der Waals surface area contributed by atoms with Crippen LogP contribution in [0.25, 0.3) is 0 Å². The monoisotopic (exact) mass is 306 g/mol. The van der Waals surface area contributed by atoms with Gasteiger partial charge in [-0.05, 0) is 52.7 Å². The third-order valence-corrected chi connectivity index (χ3v) is 3.34. The van der Waals surface area contributed by atoms with E-state index in [4.69, 9.17) is 10.5 Å². The highest BCUT2D eigenvalue weighted by Gasteiger charge is 2.05. The zero-order chi connectivity index (χ0) is 13.1. The van der Waals surface area contributed by atoms with Crippen LogP contribution < -0.4 is 15.8 Å². The SMILES string of the molecule is COc1ccc(Br)c(Nc2ccc(C)cc2N)c1. The van der Waals surface area contributed by atoms with Crippen molar-refractivity contribution in [1.82, 2.24) is 0 Å². The molecule has 0 fully saturated rings. The van der Waals surface area contributed by atoms with Gasteiger partial charge in [0.25, 0.3) is 0 Å². The Morgan fingerprint density at radius 3 is 2.56 bits per heavy atom. The first-order valence-electron chi connectivity index (χ1n) is 5.57. The maximum Gasteiger partial charge on any atom is 0.121 e. The highest BCUT2D eigenvalue weighted by molar-refractivity contribution is 9.10. The Hall–Kier alpha value is -1.68. The molecule has 3 nitrogen and oxygen atoms in total. The Morgan fingerprint density at radius 1 is 1.11 bits per heavy atom. The average Bonchev–Trinajstić information content (AvgIpc) is 2.35. The first-order valence-corrected chi connectivity index (χ1v) is 6.36. The van der Waals surface area contributed by atoms with Gasteiger partial charge in [0.1, 0.15) is 5.75 Å². The number of ether oxygens (including phenoxy) is 1. The molecule has 0 aromatic heterocycles. The second-order valence-electron chi connectivity index (χ2n) is 4.06. The van der Waals surface area contributed by atoms with E-state index >= 15 is 0 Å². The molecule has 0 spiro atoms. The van der Waals surface area contributed by atoms with Gasteiger partial charge in [-0.2, -0.15) is 0 Å². The van der Waals surface area contributed by atoms with Gasteiger partial charge in [0.2, 0.25) is 0 Å². The molecule has 0 amide bonds. The first-order chi connectivity index (χ1) is 8.60. The maximum atomic E-state index is 5.98. The van der Waals surface area contributed by atoms with Crippen molar-refractivity contribution in [3.8, 4) is 5.75 Å². The molecular formula is C14H15BrN2O. The topological polar surface area (TPSA) is 47.3 Å². The second kappa shape index (κ2) is 5.31. The van der Waals surface area contributed by atoms with Crippen molar-refractivity contribution in [1.29, 1.82) is 0 Å². The number of hydrogen-bond donors (Lipinski definition) is 2. The average molecular weight is 307 g/mol. The molecule has 18 heavy (non-hydrogen) atoms. The standard InChI is InChI=1S/C14H15BrN2O/c1-9-3-6-13(12(16)7-9)17-14-8-10(18-2)4-5-11(14)15/h3-8,17H,16H2,1-2H3. The first kappa shape index (κ1) is 12.8. The Kier molecular flexibility index (Phi) is 3.77. The van der Waals surface area contributed by atoms with Crippen LogP contribution >= 0.6 is 15.9 Å². The van der Waals surface area contributed by atoms with Crippen molar-refractivity contribution in [2.75, 3.05) is 18.2 Å². The minimum Gasteiger partial charge on any atom is -0.497 e. The summed E-state index contributed by atoms with van der Waals surface area (Å²) in [6.45, 7) is 2.02. The number of anilines is 3. The molecule has 0 bridgehead atoms. The van der Waals surface area contributed by atoms with Gasteiger partial charge in [0.15, 0.2) is 0 Å². The molecule has 0 aliphatic carbocycles. The van der Waals surface area contributed by atoms with Crippen molar-refractivity contribution < 1.29 is 4.74 Å². The van der Waals surface area contributed by atoms with Crippen molar-refractivity contribution in [2.24, 2.45) is 0 Å². The fourth-order valence-corrected chi connectivity index (χ4v) is 2.01. The van der Waals surface area contributed by atoms with E-state index in [2.05, 4.69) is 21.2 Å². The molecule has 2 aromatic rings. The smallest absolute Gasteiger partial charge is 0.121 e. The van der Waals surface area contributed by atoms with Gasteiger partial charge in [-0.15, -0.1) is 0 Å². The summed E-state index contributed by atoms with van der Waals surface area (Å²) in [6.07, 6.45) is 0. The number of aryl methyl sites for hydroxylation is 1. The number of benzene rings is 2. The highest BCUT2D eigenvalue weighted by atomic mass is 79.9. The lowest BCUT2D eigenvalue weighted by Gasteiger charge is -2.12. The zero-order valence-corrected chi connectivity index (χ0v) is 11.9. The summed E-state index contributed by atoms with van der Waals surface area (Å²) in [7, 11) is 1.65. The van der Waals surface area contributed by atoms with Gasteiger partial charge in [-0.25, -0.2) is 0 Å². The molecule has 4 heteroatoms. The second-order valence-corrected chi connectivity index (χ2v) is 4.92. The minimum absolute atomic E-state index is 0.727. The molecule has 0 aliphatic rings. The predicted molar refractivity (Wildman–Crippen MR) is 79.6 cm³/mol. The molecule has 0 aliphatic heterocycles. The summed E-state index contributed by atoms with van der Waals surface area (Å²) in [4.78, 5) is 0. The summed E-state index contributed by atoms with van der Waals surface area (Å²) < 4.78 is 6.17. The quantitative estimate of drug-likeness (QED) is 0.840. The molecule has 94 valence electrons. The molecule has 0 radical (unpaired) electrons. The molecule has 3 N–H and O–H groups in total. The lowest BCUT2D eigenvalue weighted by molar-refractivity contribution is 0.415. The third kappa shape index (κ3) is 2.76.